The molecule has 1 unspecified atom stereocenters. The molecule has 19 heavy (non-hydrogen) atoms. The van der Waals surface area contributed by atoms with E-state index < -0.39 is 0 Å². The summed E-state index contributed by atoms with van der Waals surface area (Å²) in [6.07, 6.45) is 0. The van der Waals surface area contributed by atoms with Crippen LogP contribution in [-0.2, 0) is 0 Å². The summed E-state index contributed by atoms with van der Waals surface area (Å²) in [6.45, 7) is 8.50. The first-order chi connectivity index (χ1) is 8.88. The normalized spacial score (nSPS) is 12.5. The molecular weight excluding hydrogens is 298 g/mol. The summed E-state index contributed by atoms with van der Waals surface area (Å²) < 4.78 is 1.08. The maximum atomic E-state index is 6.45. The second-order valence-electron chi connectivity index (χ2n) is 5.33. The van der Waals surface area contributed by atoms with Gasteiger partial charge in [-0.05, 0) is 73.2 Å². The average molecular weight is 318 g/mol. The van der Waals surface area contributed by atoms with Crippen molar-refractivity contribution in [3.8, 4) is 0 Å². The van der Waals surface area contributed by atoms with Crippen molar-refractivity contribution < 1.29 is 0 Å². The highest BCUT2D eigenvalue weighted by Gasteiger charge is 2.13. The SMILES string of the molecule is Cc1cc(Br)cc(C(N)c2cc(C)c(C)cc2C)c1. The smallest absolute Gasteiger partial charge is 0.0554 e. The lowest BCUT2D eigenvalue weighted by Crippen LogP contribution is -2.14. The summed E-state index contributed by atoms with van der Waals surface area (Å²) >= 11 is 3.54. The van der Waals surface area contributed by atoms with Crippen LogP contribution in [0.3, 0.4) is 0 Å². The first kappa shape index (κ1) is 14.3. The number of hydrogen-bond donors (Lipinski definition) is 1. The number of nitrogens with two attached hydrogens (primary N) is 1. The zero-order valence-electron chi connectivity index (χ0n) is 11.9. The van der Waals surface area contributed by atoms with Gasteiger partial charge in [0.1, 0.15) is 0 Å². The van der Waals surface area contributed by atoms with Crippen molar-refractivity contribution in [2.45, 2.75) is 33.7 Å². The highest BCUT2D eigenvalue weighted by Crippen LogP contribution is 2.28. The predicted octanol–water partition coefficient (Wildman–Crippen LogP) is 4.73. The molecule has 2 N–H and O–H groups in total. The molecule has 0 heterocycles. The fraction of sp³-hybridized carbons (Fsp3) is 0.294. The third-order valence-electron chi connectivity index (χ3n) is 3.64. The van der Waals surface area contributed by atoms with E-state index in [9.17, 15) is 0 Å². The van der Waals surface area contributed by atoms with Gasteiger partial charge in [0.2, 0.25) is 0 Å². The topological polar surface area (TPSA) is 26.0 Å². The Morgan fingerprint density at radius 1 is 0.842 bits per heavy atom. The molecule has 2 aromatic rings. The molecule has 1 nitrogen and oxygen atoms in total. The molecule has 2 aromatic carbocycles. The fourth-order valence-electron chi connectivity index (χ4n) is 2.44. The Kier molecular flexibility index (Phi) is 4.12. The van der Waals surface area contributed by atoms with Crippen molar-refractivity contribution in [2.75, 3.05) is 0 Å². The Hall–Kier alpha value is -1.12. The minimum absolute atomic E-state index is 0.0736. The molecule has 0 saturated heterocycles. The van der Waals surface area contributed by atoms with Gasteiger partial charge >= 0.3 is 0 Å². The van der Waals surface area contributed by atoms with Crippen LogP contribution >= 0.6 is 15.9 Å². The minimum Gasteiger partial charge on any atom is -0.320 e. The van der Waals surface area contributed by atoms with Crippen LogP contribution in [0.2, 0.25) is 0 Å². The van der Waals surface area contributed by atoms with Gasteiger partial charge in [-0.1, -0.05) is 34.1 Å². The lowest BCUT2D eigenvalue weighted by atomic mass is 9.92. The second-order valence-corrected chi connectivity index (χ2v) is 6.25. The molecule has 0 radical (unpaired) electrons. The first-order valence-corrected chi connectivity index (χ1v) is 7.28. The van der Waals surface area contributed by atoms with Crippen LogP contribution in [0.25, 0.3) is 0 Å². The molecule has 0 saturated carbocycles. The minimum atomic E-state index is -0.0736. The van der Waals surface area contributed by atoms with E-state index >= 15 is 0 Å². The van der Waals surface area contributed by atoms with Crippen LogP contribution in [0.4, 0.5) is 0 Å². The van der Waals surface area contributed by atoms with Crippen molar-refractivity contribution in [3.05, 3.63) is 68.2 Å². The molecule has 0 amide bonds. The fourth-order valence-corrected chi connectivity index (χ4v) is 3.07. The van der Waals surface area contributed by atoms with Crippen molar-refractivity contribution in [3.63, 3.8) is 0 Å². The zero-order valence-corrected chi connectivity index (χ0v) is 13.5. The molecule has 0 aliphatic heterocycles. The Morgan fingerprint density at radius 2 is 1.47 bits per heavy atom. The van der Waals surface area contributed by atoms with Gasteiger partial charge in [0.05, 0.1) is 6.04 Å². The lowest BCUT2D eigenvalue weighted by Gasteiger charge is -2.18. The third-order valence-corrected chi connectivity index (χ3v) is 4.10. The largest absolute Gasteiger partial charge is 0.320 e. The Balaban J connectivity index is 2.49. The molecule has 0 aliphatic rings. The number of aryl methyl sites for hydroxylation is 4. The molecule has 1 atom stereocenters. The number of hydrogen-bond acceptors (Lipinski definition) is 1. The van der Waals surface area contributed by atoms with Gasteiger partial charge in [-0.2, -0.15) is 0 Å². The summed E-state index contributed by atoms with van der Waals surface area (Å²) in [5.41, 5.74) is 13.9. The van der Waals surface area contributed by atoms with E-state index in [4.69, 9.17) is 5.73 Å². The van der Waals surface area contributed by atoms with E-state index in [1.807, 2.05) is 0 Å². The quantitative estimate of drug-likeness (QED) is 0.851. The highest BCUT2D eigenvalue weighted by molar-refractivity contribution is 9.10. The van der Waals surface area contributed by atoms with Crippen LogP contribution in [0.5, 0.6) is 0 Å². The first-order valence-electron chi connectivity index (χ1n) is 6.49. The molecule has 2 heteroatoms. The van der Waals surface area contributed by atoms with E-state index in [0.29, 0.717) is 0 Å². The second kappa shape index (κ2) is 5.48. The molecule has 100 valence electrons. The van der Waals surface area contributed by atoms with Gasteiger partial charge in [0.25, 0.3) is 0 Å². The molecule has 0 aromatic heterocycles. The van der Waals surface area contributed by atoms with Gasteiger partial charge in [-0.15, -0.1) is 0 Å². The van der Waals surface area contributed by atoms with E-state index in [1.165, 1.54) is 27.8 Å². The maximum absolute atomic E-state index is 6.45. The van der Waals surface area contributed by atoms with Gasteiger partial charge in [0, 0.05) is 4.47 Å². The van der Waals surface area contributed by atoms with E-state index in [0.717, 1.165) is 10.0 Å². The van der Waals surface area contributed by atoms with Crippen molar-refractivity contribution in [1.82, 2.24) is 0 Å². The Labute approximate surface area is 124 Å². The van der Waals surface area contributed by atoms with Crippen molar-refractivity contribution in [1.29, 1.82) is 0 Å². The van der Waals surface area contributed by atoms with Crippen LogP contribution in [0, 0.1) is 27.7 Å². The van der Waals surface area contributed by atoms with Crippen molar-refractivity contribution >= 4 is 15.9 Å². The number of halogens is 1. The third kappa shape index (κ3) is 3.07. The van der Waals surface area contributed by atoms with Crippen LogP contribution in [0.1, 0.15) is 39.4 Å². The van der Waals surface area contributed by atoms with E-state index in [2.05, 4.69) is 74.0 Å². The molecule has 2 rings (SSSR count). The predicted molar refractivity (Wildman–Crippen MR) is 85.6 cm³/mol. The summed E-state index contributed by atoms with van der Waals surface area (Å²) in [5.74, 6) is 0. The molecule has 0 aliphatic carbocycles. The Bertz CT molecular complexity index is 597. The summed E-state index contributed by atoms with van der Waals surface area (Å²) in [6, 6.07) is 10.7. The molecule has 0 spiro atoms. The van der Waals surface area contributed by atoms with Gasteiger partial charge in [0.15, 0.2) is 0 Å². The average Bonchev–Trinajstić information content (AvgIpc) is 2.31. The van der Waals surface area contributed by atoms with Crippen LogP contribution in [0.15, 0.2) is 34.8 Å². The van der Waals surface area contributed by atoms with Gasteiger partial charge in [-0.3, -0.25) is 0 Å². The monoisotopic (exact) mass is 317 g/mol. The van der Waals surface area contributed by atoms with E-state index in [-0.39, 0.29) is 6.04 Å². The lowest BCUT2D eigenvalue weighted by molar-refractivity contribution is 0.856. The zero-order chi connectivity index (χ0) is 14.2. The van der Waals surface area contributed by atoms with Crippen molar-refractivity contribution in [2.24, 2.45) is 5.73 Å². The summed E-state index contributed by atoms with van der Waals surface area (Å²) in [4.78, 5) is 0. The molecule has 0 bridgehead atoms. The van der Waals surface area contributed by atoms with Crippen LogP contribution in [-0.4, -0.2) is 0 Å². The maximum Gasteiger partial charge on any atom is 0.0554 e. The summed E-state index contributed by atoms with van der Waals surface area (Å²) in [7, 11) is 0. The van der Waals surface area contributed by atoms with Gasteiger partial charge in [-0.25, -0.2) is 0 Å². The van der Waals surface area contributed by atoms with Gasteiger partial charge < -0.3 is 5.73 Å². The number of benzene rings is 2. The van der Waals surface area contributed by atoms with Crippen LogP contribution < -0.4 is 5.73 Å². The standard InChI is InChI=1S/C17H20BrN/c1-10-5-14(9-15(18)6-10)17(19)16-8-12(3)11(2)7-13(16)4/h5-9,17H,19H2,1-4H3. The summed E-state index contributed by atoms with van der Waals surface area (Å²) in [5, 5.41) is 0. The molecule has 0 fully saturated rings. The molecular formula is C17H20BrN. The number of rotatable bonds is 2. The Morgan fingerprint density at radius 3 is 2.11 bits per heavy atom. The van der Waals surface area contributed by atoms with E-state index in [1.54, 1.807) is 0 Å². The highest BCUT2D eigenvalue weighted by atomic mass is 79.9.